The second-order valence-corrected chi connectivity index (χ2v) is 6.12. The van der Waals surface area contributed by atoms with Crippen molar-refractivity contribution in [1.29, 1.82) is 0 Å². The highest BCUT2D eigenvalue weighted by Crippen LogP contribution is 2.30. The van der Waals surface area contributed by atoms with Crippen molar-refractivity contribution >= 4 is 17.3 Å². The van der Waals surface area contributed by atoms with Crippen LogP contribution in [0.15, 0.2) is 36.7 Å². The van der Waals surface area contributed by atoms with E-state index in [9.17, 15) is 19.3 Å². The van der Waals surface area contributed by atoms with E-state index in [1.807, 2.05) is 0 Å². The molecule has 0 atom stereocenters. The Hall–Kier alpha value is -2.77. The monoisotopic (exact) mass is 346 g/mol. The highest BCUT2D eigenvalue weighted by molar-refractivity contribution is 5.94. The predicted octanol–water partition coefficient (Wildman–Crippen LogP) is 3.30. The van der Waals surface area contributed by atoms with Crippen molar-refractivity contribution in [1.82, 2.24) is 9.78 Å². The maximum Gasteiger partial charge on any atom is 0.306 e. The van der Waals surface area contributed by atoms with E-state index in [0.717, 1.165) is 31.9 Å². The molecule has 0 saturated heterocycles. The molecule has 0 unspecified atom stereocenters. The predicted molar refractivity (Wildman–Crippen MR) is 89.6 cm³/mol. The average Bonchev–Trinajstić information content (AvgIpc) is 3.26. The van der Waals surface area contributed by atoms with Crippen LogP contribution in [-0.2, 0) is 11.3 Å². The number of halogens is 1. The lowest BCUT2D eigenvalue weighted by Gasteiger charge is -2.29. The summed E-state index contributed by atoms with van der Waals surface area (Å²) in [6.45, 7) is 0.213. The van der Waals surface area contributed by atoms with E-state index in [1.165, 1.54) is 16.9 Å². The first-order chi connectivity index (χ1) is 12.1. The largest absolute Gasteiger partial charge is 0.306 e. The van der Waals surface area contributed by atoms with Crippen molar-refractivity contribution in [3.63, 3.8) is 0 Å². The van der Waals surface area contributed by atoms with Gasteiger partial charge in [-0.3, -0.25) is 19.6 Å². The van der Waals surface area contributed by atoms with Gasteiger partial charge >= 0.3 is 5.69 Å². The zero-order valence-electron chi connectivity index (χ0n) is 13.7. The molecule has 0 radical (unpaired) electrons. The summed E-state index contributed by atoms with van der Waals surface area (Å²) in [5.74, 6) is -0.618. The Labute approximate surface area is 144 Å². The molecule has 0 aliphatic heterocycles. The molecule has 1 aliphatic carbocycles. The van der Waals surface area contributed by atoms with Gasteiger partial charge < -0.3 is 4.90 Å². The first kappa shape index (κ1) is 17.1. The normalized spacial score (nSPS) is 14.6. The summed E-state index contributed by atoms with van der Waals surface area (Å²) in [6.07, 6.45) is 6.29. The molecule has 0 N–H and O–H groups in total. The molecule has 1 aromatic carbocycles. The number of benzene rings is 1. The van der Waals surface area contributed by atoms with Gasteiger partial charge in [0.25, 0.3) is 0 Å². The van der Waals surface area contributed by atoms with E-state index in [-0.39, 0.29) is 30.6 Å². The highest BCUT2D eigenvalue weighted by atomic mass is 19.1. The van der Waals surface area contributed by atoms with Crippen molar-refractivity contribution in [2.45, 2.75) is 44.7 Å². The summed E-state index contributed by atoms with van der Waals surface area (Å²) in [7, 11) is 0. The van der Waals surface area contributed by atoms with Crippen molar-refractivity contribution in [2.24, 2.45) is 0 Å². The van der Waals surface area contributed by atoms with E-state index in [0.29, 0.717) is 5.69 Å². The second kappa shape index (κ2) is 7.42. The molecule has 8 heteroatoms. The fraction of sp³-hybridized carbons (Fsp3) is 0.412. The van der Waals surface area contributed by atoms with E-state index in [1.54, 1.807) is 23.1 Å². The Bertz CT molecular complexity index is 771. The molecule has 7 nitrogen and oxygen atoms in total. The van der Waals surface area contributed by atoms with Gasteiger partial charge in [-0.2, -0.15) is 5.10 Å². The number of nitrogens with zero attached hydrogens (tertiary/aromatic N) is 4. The van der Waals surface area contributed by atoms with Crippen LogP contribution in [0.4, 0.5) is 15.8 Å². The van der Waals surface area contributed by atoms with Crippen molar-refractivity contribution in [3.05, 3.63) is 52.6 Å². The van der Waals surface area contributed by atoms with Gasteiger partial charge in [0.05, 0.1) is 10.6 Å². The molecule has 0 spiro atoms. The van der Waals surface area contributed by atoms with E-state index < -0.39 is 10.7 Å². The summed E-state index contributed by atoms with van der Waals surface area (Å²) in [4.78, 5) is 24.5. The Morgan fingerprint density at radius 1 is 1.36 bits per heavy atom. The number of rotatable bonds is 6. The van der Waals surface area contributed by atoms with Gasteiger partial charge in [-0.15, -0.1) is 0 Å². The maximum atomic E-state index is 14.2. The standard InChI is InChI=1S/C17H19FN4O3/c18-15-7-3-4-8-16(15)21(13-5-1-2-6-13)17(23)9-10-20-12-14(11-19-20)22(24)25/h3-4,7-8,11-13H,1-2,5-6,9-10H2. The van der Waals surface area contributed by atoms with E-state index in [4.69, 9.17) is 0 Å². The lowest BCUT2D eigenvalue weighted by Crippen LogP contribution is -2.40. The number of amides is 1. The molecule has 1 heterocycles. The SMILES string of the molecule is O=C(CCn1cc([N+](=O)[O-])cn1)N(c1ccccc1F)C1CCCC1. The molecule has 0 bridgehead atoms. The number of anilines is 1. The van der Waals surface area contributed by atoms with Crippen LogP contribution in [0, 0.1) is 15.9 Å². The van der Waals surface area contributed by atoms with E-state index >= 15 is 0 Å². The molecular weight excluding hydrogens is 327 g/mol. The van der Waals surface area contributed by atoms with Crippen LogP contribution in [0.1, 0.15) is 32.1 Å². The van der Waals surface area contributed by atoms with Crippen molar-refractivity contribution < 1.29 is 14.1 Å². The molecule has 132 valence electrons. The number of carbonyl (C=O) groups is 1. The molecule has 3 rings (SSSR count). The highest BCUT2D eigenvalue weighted by Gasteiger charge is 2.29. The summed E-state index contributed by atoms with van der Waals surface area (Å²) >= 11 is 0. The van der Waals surface area contributed by atoms with Crippen LogP contribution in [0.3, 0.4) is 0 Å². The molecule has 1 fully saturated rings. The summed E-state index contributed by atoms with van der Waals surface area (Å²) in [6, 6.07) is 6.27. The molecular formula is C17H19FN4O3. The van der Waals surface area contributed by atoms with Crippen molar-refractivity contribution in [2.75, 3.05) is 4.90 Å². The number of aryl methyl sites for hydroxylation is 1. The number of carbonyl (C=O) groups excluding carboxylic acids is 1. The Kier molecular flexibility index (Phi) is 5.06. The minimum absolute atomic E-state index is 0.00337. The number of nitro groups is 1. The van der Waals surface area contributed by atoms with Gasteiger partial charge in [-0.1, -0.05) is 25.0 Å². The third-order valence-corrected chi connectivity index (χ3v) is 4.46. The number of hydrogen-bond acceptors (Lipinski definition) is 4. The molecule has 25 heavy (non-hydrogen) atoms. The van der Waals surface area contributed by atoms with Gasteiger partial charge in [0.1, 0.15) is 18.2 Å². The lowest BCUT2D eigenvalue weighted by molar-refractivity contribution is -0.385. The first-order valence-electron chi connectivity index (χ1n) is 8.29. The lowest BCUT2D eigenvalue weighted by atomic mass is 10.1. The molecule has 1 saturated carbocycles. The van der Waals surface area contributed by atoms with Gasteiger partial charge in [0, 0.05) is 19.0 Å². The smallest absolute Gasteiger partial charge is 0.306 e. The number of para-hydroxylation sites is 1. The number of hydrogen-bond donors (Lipinski definition) is 0. The third kappa shape index (κ3) is 3.84. The summed E-state index contributed by atoms with van der Waals surface area (Å²) in [5, 5.41) is 14.6. The van der Waals surface area contributed by atoms with Crippen molar-refractivity contribution in [3.8, 4) is 0 Å². The quantitative estimate of drug-likeness (QED) is 0.594. The topological polar surface area (TPSA) is 81.3 Å². The van der Waals surface area contributed by atoms with Crippen LogP contribution in [-0.4, -0.2) is 26.7 Å². The minimum atomic E-state index is -0.532. The second-order valence-electron chi connectivity index (χ2n) is 6.12. The van der Waals surface area contributed by atoms with E-state index in [2.05, 4.69) is 5.10 Å². The Morgan fingerprint density at radius 3 is 2.72 bits per heavy atom. The molecule has 1 aliphatic rings. The van der Waals surface area contributed by atoms with Crippen LogP contribution < -0.4 is 4.90 Å². The maximum absolute atomic E-state index is 14.2. The van der Waals surface area contributed by atoms with Crippen LogP contribution in [0.5, 0.6) is 0 Å². The van der Waals surface area contributed by atoms with Gasteiger partial charge in [-0.25, -0.2) is 4.39 Å². The minimum Gasteiger partial charge on any atom is -0.306 e. The van der Waals surface area contributed by atoms with Crippen LogP contribution in [0.25, 0.3) is 0 Å². The molecule has 1 amide bonds. The fourth-order valence-corrected chi connectivity index (χ4v) is 3.24. The fourth-order valence-electron chi connectivity index (χ4n) is 3.24. The summed E-state index contributed by atoms with van der Waals surface area (Å²) < 4.78 is 15.6. The number of aromatic nitrogens is 2. The van der Waals surface area contributed by atoms with Gasteiger partial charge in [0.15, 0.2) is 0 Å². The summed E-state index contributed by atoms with van der Waals surface area (Å²) in [5.41, 5.74) is 0.181. The average molecular weight is 346 g/mol. The molecule has 2 aromatic rings. The van der Waals surface area contributed by atoms with Crippen LogP contribution >= 0.6 is 0 Å². The van der Waals surface area contributed by atoms with Crippen LogP contribution in [0.2, 0.25) is 0 Å². The first-order valence-corrected chi connectivity index (χ1v) is 8.29. The Morgan fingerprint density at radius 2 is 2.08 bits per heavy atom. The van der Waals surface area contributed by atoms with Gasteiger partial charge in [0.2, 0.25) is 5.91 Å². The van der Waals surface area contributed by atoms with Gasteiger partial charge in [-0.05, 0) is 25.0 Å². The Balaban J connectivity index is 1.74. The zero-order chi connectivity index (χ0) is 17.8. The zero-order valence-corrected chi connectivity index (χ0v) is 13.7. The third-order valence-electron chi connectivity index (χ3n) is 4.46. The molecule has 1 aromatic heterocycles.